The van der Waals surface area contributed by atoms with Crippen LogP contribution in [0, 0.1) is 0 Å². The summed E-state index contributed by atoms with van der Waals surface area (Å²) in [5.74, 6) is 0.744. The second-order valence-electron chi connectivity index (χ2n) is 3.47. The summed E-state index contributed by atoms with van der Waals surface area (Å²) in [5, 5.41) is 4.62. The number of thiazole rings is 1. The molecular weight excluding hydrogens is 254 g/mol. The van der Waals surface area contributed by atoms with Gasteiger partial charge in [0.15, 0.2) is 5.13 Å². The van der Waals surface area contributed by atoms with Crippen molar-refractivity contribution in [2.45, 2.75) is 0 Å². The Bertz CT molecular complexity index is 615. The fourth-order valence-corrected chi connectivity index (χ4v) is 2.47. The zero-order chi connectivity index (χ0) is 11.7. The summed E-state index contributed by atoms with van der Waals surface area (Å²) in [5.41, 5.74) is 0.994. The van der Waals surface area contributed by atoms with Crippen molar-refractivity contribution in [3.8, 4) is 0 Å². The molecule has 0 amide bonds. The van der Waals surface area contributed by atoms with Crippen molar-refractivity contribution in [1.29, 1.82) is 0 Å². The van der Waals surface area contributed by atoms with Gasteiger partial charge in [-0.15, -0.1) is 0 Å². The third kappa shape index (κ3) is 2.23. The fourth-order valence-electron chi connectivity index (χ4n) is 1.48. The molecule has 3 nitrogen and oxygen atoms in total. The van der Waals surface area contributed by atoms with Crippen LogP contribution in [0.5, 0.6) is 0 Å². The minimum atomic E-state index is 0.625. The van der Waals surface area contributed by atoms with Crippen LogP contribution in [0.4, 0.5) is 10.9 Å². The Morgan fingerprint density at radius 3 is 2.76 bits per heavy atom. The van der Waals surface area contributed by atoms with Gasteiger partial charge < -0.3 is 5.32 Å². The first-order valence-electron chi connectivity index (χ1n) is 5.05. The van der Waals surface area contributed by atoms with Gasteiger partial charge in [0.05, 0.1) is 15.2 Å². The molecule has 3 aromatic rings. The topological polar surface area (TPSA) is 37.8 Å². The van der Waals surface area contributed by atoms with Crippen LogP contribution in [0.15, 0.2) is 42.6 Å². The maximum Gasteiger partial charge on any atom is 0.189 e. The van der Waals surface area contributed by atoms with Crippen molar-refractivity contribution < 1.29 is 0 Å². The predicted molar refractivity (Wildman–Crippen MR) is 72.1 cm³/mol. The van der Waals surface area contributed by atoms with Gasteiger partial charge in [-0.1, -0.05) is 35.1 Å². The van der Waals surface area contributed by atoms with Crippen LogP contribution in [0.1, 0.15) is 0 Å². The standard InChI is InChI=1S/C12H8ClN3S/c13-8-5-6-11(14-7-8)16-12-15-9-3-1-2-4-10(9)17-12/h1-7H,(H,14,15,16). The van der Waals surface area contributed by atoms with Gasteiger partial charge in [-0.2, -0.15) is 0 Å². The number of pyridine rings is 1. The predicted octanol–water partition coefficient (Wildman–Crippen LogP) is 4.09. The zero-order valence-corrected chi connectivity index (χ0v) is 10.3. The molecule has 1 aromatic carbocycles. The normalized spacial score (nSPS) is 10.6. The zero-order valence-electron chi connectivity index (χ0n) is 8.72. The molecule has 0 saturated carbocycles. The average molecular weight is 262 g/mol. The van der Waals surface area contributed by atoms with E-state index in [2.05, 4.69) is 15.3 Å². The summed E-state index contributed by atoms with van der Waals surface area (Å²) in [7, 11) is 0. The number of nitrogens with zero attached hydrogens (tertiary/aromatic N) is 2. The maximum absolute atomic E-state index is 5.78. The van der Waals surface area contributed by atoms with E-state index >= 15 is 0 Å². The lowest BCUT2D eigenvalue weighted by molar-refractivity contribution is 1.30. The van der Waals surface area contributed by atoms with Crippen LogP contribution in [0.2, 0.25) is 5.02 Å². The van der Waals surface area contributed by atoms with Crippen molar-refractivity contribution in [2.24, 2.45) is 0 Å². The second-order valence-corrected chi connectivity index (χ2v) is 4.94. The highest BCUT2D eigenvalue weighted by atomic mass is 35.5. The van der Waals surface area contributed by atoms with E-state index in [4.69, 9.17) is 11.6 Å². The summed E-state index contributed by atoms with van der Waals surface area (Å²) < 4.78 is 1.16. The van der Waals surface area contributed by atoms with Crippen molar-refractivity contribution in [1.82, 2.24) is 9.97 Å². The quantitative estimate of drug-likeness (QED) is 0.755. The molecule has 5 heteroatoms. The van der Waals surface area contributed by atoms with E-state index < -0.39 is 0 Å². The molecule has 2 heterocycles. The highest BCUT2D eigenvalue weighted by Gasteiger charge is 2.03. The molecule has 0 atom stereocenters. The van der Waals surface area contributed by atoms with Gasteiger partial charge in [0.25, 0.3) is 0 Å². The Hall–Kier alpha value is -1.65. The van der Waals surface area contributed by atoms with Crippen LogP contribution >= 0.6 is 22.9 Å². The molecule has 0 aliphatic carbocycles. The molecule has 0 spiro atoms. The largest absolute Gasteiger partial charge is 0.316 e. The van der Waals surface area contributed by atoms with Crippen LogP contribution in [0.3, 0.4) is 0 Å². The SMILES string of the molecule is Clc1ccc(Nc2nc3ccccc3s2)nc1. The highest BCUT2D eigenvalue weighted by molar-refractivity contribution is 7.22. The number of nitrogens with one attached hydrogen (secondary N) is 1. The molecule has 0 saturated heterocycles. The highest BCUT2D eigenvalue weighted by Crippen LogP contribution is 2.27. The van der Waals surface area contributed by atoms with Crippen molar-refractivity contribution >= 4 is 44.1 Å². The molecule has 0 aliphatic rings. The van der Waals surface area contributed by atoms with E-state index in [0.29, 0.717) is 5.02 Å². The minimum Gasteiger partial charge on any atom is -0.316 e. The van der Waals surface area contributed by atoms with Gasteiger partial charge in [0.1, 0.15) is 5.82 Å². The molecule has 0 aliphatic heterocycles. The number of halogens is 1. The molecule has 0 fully saturated rings. The Labute approximate surface area is 107 Å². The first kappa shape index (κ1) is 10.5. The Morgan fingerprint density at radius 1 is 1.12 bits per heavy atom. The number of rotatable bonds is 2. The smallest absolute Gasteiger partial charge is 0.189 e. The summed E-state index contributed by atoms with van der Waals surface area (Å²) in [6, 6.07) is 11.6. The number of anilines is 2. The molecule has 1 N–H and O–H groups in total. The molecule has 0 unspecified atom stereocenters. The Morgan fingerprint density at radius 2 is 2.00 bits per heavy atom. The lowest BCUT2D eigenvalue weighted by Gasteiger charge is -1.99. The van der Waals surface area contributed by atoms with E-state index in [1.807, 2.05) is 30.3 Å². The van der Waals surface area contributed by atoms with Crippen molar-refractivity contribution in [3.63, 3.8) is 0 Å². The van der Waals surface area contributed by atoms with Crippen LogP contribution in [-0.4, -0.2) is 9.97 Å². The molecular formula is C12H8ClN3S. The van der Waals surface area contributed by atoms with E-state index in [1.165, 1.54) is 0 Å². The monoisotopic (exact) mass is 261 g/mol. The second kappa shape index (κ2) is 4.31. The number of para-hydroxylation sites is 1. The molecule has 0 bridgehead atoms. The van der Waals surface area contributed by atoms with Crippen LogP contribution < -0.4 is 5.32 Å². The first-order chi connectivity index (χ1) is 8.31. The summed E-state index contributed by atoms with van der Waals surface area (Å²) >= 11 is 7.38. The summed E-state index contributed by atoms with van der Waals surface area (Å²) in [6.07, 6.45) is 1.61. The number of hydrogen-bond acceptors (Lipinski definition) is 4. The molecule has 3 rings (SSSR count). The number of benzene rings is 1. The molecule has 2 aromatic heterocycles. The van der Waals surface area contributed by atoms with Gasteiger partial charge in [0, 0.05) is 6.20 Å². The first-order valence-corrected chi connectivity index (χ1v) is 6.25. The van der Waals surface area contributed by atoms with E-state index in [9.17, 15) is 0 Å². The third-order valence-corrected chi connectivity index (χ3v) is 3.43. The molecule has 84 valence electrons. The lowest BCUT2D eigenvalue weighted by Crippen LogP contribution is -1.91. The average Bonchev–Trinajstić information content (AvgIpc) is 2.74. The van der Waals surface area contributed by atoms with Crippen molar-refractivity contribution in [3.05, 3.63) is 47.6 Å². The molecule has 17 heavy (non-hydrogen) atoms. The number of hydrogen-bond donors (Lipinski definition) is 1. The number of fused-ring (bicyclic) bond motifs is 1. The van der Waals surface area contributed by atoms with Gasteiger partial charge in [0.2, 0.25) is 0 Å². The van der Waals surface area contributed by atoms with E-state index in [0.717, 1.165) is 21.2 Å². The maximum atomic E-state index is 5.78. The minimum absolute atomic E-state index is 0.625. The van der Waals surface area contributed by atoms with Gasteiger partial charge in [-0.3, -0.25) is 0 Å². The van der Waals surface area contributed by atoms with Crippen LogP contribution in [0.25, 0.3) is 10.2 Å². The number of aromatic nitrogens is 2. The Balaban J connectivity index is 1.92. The third-order valence-electron chi connectivity index (χ3n) is 2.26. The summed E-state index contributed by atoms with van der Waals surface area (Å²) in [6.45, 7) is 0. The van der Waals surface area contributed by atoms with Gasteiger partial charge in [-0.25, -0.2) is 9.97 Å². The lowest BCUT2D eigenvalue weighted by atomic mass is 10.3. The van der Waals surface area contributed by atoms with Gasteiger partial charge in [-0.05, 0) is 24.3 Å². The molecule has 0 radical (unpaired) electrons. The fraction of sp³-hybridized carbons (Fsp3) is 0. The van der Waals surface area contributed by atoms with Gasteiger partial charge >= 0.3 is 0 Å². The Kier molecular flexibility index (Phi) is 2.66. The summed E-state index contributed by atoms with van der Waals surface area (Å²) in [4.78, 5) is 8.63. The van der Waals surface area contributed by atoms with Crippen LogP contribution in [-0.2, 0) is 0 Å². The van der Waals surface area contributed by atoms with Crippen molar-refractivity contribution in [2.75, 3.05) is 5.32 Å². The van der Waals surface area contributed by atoms with E-state index in [1.54, 1.807) is 23.6 Å². The van der Waals surface area contributed by atoms with E-state index in [-0.39, 0.29) is 0 Å².